The minimum atomic E-state index is 0.268. The molecule has 2 aromatic heterocycles. The smallest absolute Gasteiger partial charge is 0.236 e. The highest BCUT2D eigenvalue weighted by atomic mass is 16.2. The number of carbonyl (C=O) groups excluding carboxylic acids is 1. The molecule has 0 saturated carbocycles. The van der Waals surface area contributed by atoms with Crippen LogP contribution in [0, 0.1) is 6.92 Å². The zero-order valence-corrected chi connectivity index (χ0v) is 19.2. The van der Waals surface area contributed by atoms with Gasteiger partial charge in [-0.15, -0.1) is 0 Å². The van der Waals surface area contributed by atoms with Crippen LogP contribution in [-0.2, 0) is 17.8 Å². The Morgan fingerprint density at radius 1 is 0.969 bits per heavy atom. The van der Waals surface area contributed by atoms with E-state index in [1.807, 2.05) is 29.9 Å². The third kappa shape index (κ3) is 5.03. The first-order valence-corrected chi connectivity index (χ1v) is 12.1. The van der Waals surface area contributed by atoms with Crippen molar-refractivity contribution in [1.29, 1.82) is 0 Å². The van der Waals surface area contributed by atoms with Crippen LogP contribution in [0.4, 0.5) is 0 Å². The summed E-state index contributed by atoms with van der Waals surface area (Å²) in [6.45, 7) is 12.7. The van der Waals surface area contributed by atoms with Crippen molar-refractivity contribution in [2.24, 2.45) is 0 Å². The number of hydrogen-bond donors (Lipinski definition) is 0. The molecule has 0 N–H and O–H groups in total. The van der Waals surface area contributed by atoms with E-state index < -0.39 is 0 Å². The Labute approximate surface area is 190 Å². The highest BCUT2D eigenvalue weighted by molar-refractivity contribution is 5.78. The van der Waals surface area contributed by atoms with Gasteiger partial charge in [-0.2, -0.15) is 5.10 Å². The minimum absolute atomic E-state index is 0.268. The van der Waals surface area contributed by atoms with Crippen LogP contribution >= 0.6 is 0 Å². The number of piperazine rings is 1. The van der Waals surface area contributed by atoms with Gasteiger partial charge >= 0.3 is 0 Å². The SMILES string of the molecule is Cc1cc(-n2cc3c(n2)CCN(CC(=O)N2CCN(CCN4CCCC4)CC2)C3)ccn1. The molecule has 0 radical (unpaired) electrons. The van der Waals surface area contributed by atoms with Crippen LogP contribution in [0.3, 0.4) is 0 Å². The van der Waals surface area contributed by atoms with E-state index in [2.05, 4.69) is 30.8 Å². The summed E-state index contributed by atoms with van der Waals surface area (Å²) in [4.78, 5) is 26.6. The maximum Gasteiger partial charge on any atom is 0.236 e. The lowest BCUT2D eigenvalue weighted by molar-refractivity contribution is -0.134. The molecule has 3 aliphatic heterocycles. The van der Waals surface area contributed by atoms with E-state index in [9.17, 15) is 4.79 Å². The van der Waals surface area contributed by atoms with Crippen molar-refractivity contribution in [2.75, 3.05) is 65.4 Å². The molecular formula is C24H35N7O. The normalized spacial score (nSPS) is 20.6. The molecule has 8 nitrogen and oxygen atoms in total. The third-order valence-corrected chi connectivity index (χ3v) is 7.10. The van der Waals surface area contributed by atoms with Gasteiger partial charge in [-0.1, -0.05) is 0 Å². The van der Waals surface area contributed by atoms with Gasteiger partial charge in [0.1, 0.15) is 0 Å². The Balaban J connectivity index is 1.10. The Morgan fingerprint density at radius 2 is 1.72 bits per heavy atom. The largest absolute Gasteiger partial charge is 0.339 e. The second-order valence-corrected chi connectivity index (χ2v) is 9.43. The maximum absolute atomic E-state index is 12.9. The predicted molar refractivity (Wildman–Crippen MR) is 124 cm³/mol. The first-order chi connectivity index (χ1) is 15.6. The zero-order valence-electron chi connectivity index (χ0n) is 19.2. The second-order valence-electron chi connectivity index (χ2n) is 9.43. The summed E-state index contributed by atoms with van der Waals surface area (Å²) in [5, 5.41) is 4.78. The molecule has 0 bridgehead atoms. The van der Waals surface area contributed by atoms with Crippen molar-refractivity contribution >= 4 is 5.91 Å². The summed E-state index contributed by atoms with van der Waals surface area (Å²) in [5.41, 5.74) is 4.40. The molecular weight excluding hydrogens is 402 g/mol. The van der Waals surface area contributed by atoms with Gasteiger partial charge in [0.05, 0.1) is 17.9 Å². The number of likely N-dealkylation sites (tertiary alicyclic amines) is 1. The first-order valence-electron chi connectivity index (χ1n) is 12.1. The Morgan fingerprint density at radius 3 is 2.47 bits per heavy atom. The van der Waals surface area contributed by atoms with Gasteiger partial charge < -0.3 is 9.80 Å². The van der Waals surface area contributed by atoms with Crippen molar-refractivity contribution in [3.05, 3.63) is 41.5 Å². The molecule has 0 unspecified atom stereocenters. The standard InChI is InChI=1S/C24H35N7O/c1-20-16-22(4-6-25-20)31-18-21-17-29(9-5-23(21)26-31)19-24(32)30-14-12-28(13-15-30)11-10-27-7-2-3-8-27/h4,6,16,18H,2-3,5,7-15,17,19H2,1H3. The number of hydrogen-bond acceptors (Lipinski definition) is 6. The zero-order chi connectivity index (χ0) is 21.9. The molecule has 1 amide bonds. The Hall–Kier alpha value is -2.29. The molecule has 8 heteroatoms. The van der Waals surface area contributed by atoms with Crippen molar-refractivity contribution in [1.82, 2.24) is 34.4 Å². The summed E-state index contributed by atoms with van der Waals surface area (Å²) >= 11 is 0. The molecule has 5 rings (SSSR count). The number of rotatable bonds is 6. The van der Waals surface area contributed by atoms with Crippen LogP contribution in [-0.4, -0.2) is 106 Å². The van der Waals surface area contributed by atoms with Crippen LogP contribution in [0.1, 0.15) is 29.8 Å². The van der Waals surface area contributed by atoms with Gasteiger partial charge in [-0.25, -0.2) is 4.68 Å². The fourth-order valence-corrected chi connectivity index (χ4v) is 5.11. The van der Waals surface area contributed by atoms with Crippen molar-refractivity contribution in [2.45, 2.75) is 32.7 Å². The summed E-state index contributed by atoms with van der Waals surface area (Å²) in [5.74, 6) is 0.268. The predicted octanol–water partition coefficient (Wildman–Crippen LogP) is 1.17. The molecule has 3 aliphatic rings. The second kappa shape index (κ2) is 9.68. The molecule has 32 heavy (non-hydrogen) atoms. The summed E-state index contributed by atoms with van der Waals surface area (Å²) in [6, 6.07) is 4.03. The maximum atomic E-state index is 12.9. The molecule has 0 aliphatic carbocycles. The van der Waals surface area contributed by atoms with E-state index in [0.29, 0.717) is 6.54 Å². The van der Waals surface area contributed by atoms with Crippen LogP contribution in [0.25, 0.3) is 5.69 Å². The Bertz CT molecular complexity index is 928. The lowest BCUT2D eigenvalue weighted by atomic mass is 10.1. The third-order valence-electron chi connectivity index (χ3n) is 7.10. The number of aromatic nitrogens is 3. The first kappa shape index (κ1) is 21.6. The molecule has 2 aromatic rings. The molecule has 172 valence electrons. The number of amides is 1. The van der Waals surface area contributed by atoms with E-state index in [4.69, 9.17) is 5.10 Å². The molecule has 0 spiro atoms. The van der Waals surface area contributed by atoms with E-state index in [1.54, 1.807) is 0 Å². The minimum Gasteiger partial charge on any atom is -0.339 e. The van der Waals surface area contributed by atoms with Crippen molar-refractivity contribution in [3.63, 3.8) is 0 Å². The quantitative estimate of drug-likeness (QED) is 0.676. The van der Waals surface area contributed by atoms with Gasteiger partial charge in [-0.05, 0) is 45.0 Å². The van der Waals surface area contributed by atoms with Gasteiger partial charge in [0.15, 0.2) is 0 Å². The molecule has 2 saturated heterocycles. The van der Waals surface area contributed by atoms with Gasteiger partial charge in [0.25, 0.3) is 0 Å². The van der Waals surface area contributed by atoms with Crippen molar-refractivity contribution < 1.29 is 4.79 Å². The van der Waals surface area contributed by atoms with E-state index >= 15 is 0 Å². The summed E-state index contributed by atoms with van der Waals surface area (Å²) < 4.78 is 1.95. The van der Waals surface area contributed by atoms with Gasteiger partial charge in [0.2, 0.25) is 5.91 Å². The number of pyridine rings is 1. The van der Waals surface area contributed by atoms with E-state index in [0.717, 1.165) is 69.3 Å². The topological polar surface area (TPSA) is 60.7 Å². The molecule has 0 aromatic carbocycles. The Kier molecular flexibility index (Phi) is 6.52. The van der Waals surface area contributed by atoms with Crippen LogP contribution < -0.4 is 0 Å². The van der Waals surface area contributed by atoms with Crippen molar-refractivity contribution in [3.8, 4) is 5.69 Å². The number of nitrogens with zero attached hydrogens (tertiary/aromatic N) is 7. The summed E-state index contributed by atoms with van der Waals surface area (Å²) in [6.07, 6.45) is 7.53. The fraction of sp³-hybridized carbons (Fsp3) is 0.625. The van der Waals surface area contributed by atoms with Crippen LogP contribution in [0.5, 0.6) is 0 Å². The van der Waals surface area contributed by atoms with Gasteiger partial charge in [-0.3, -0.25) is 19.6 Å². The fourth-order valence-electron chi connectivity index (χ4n) is 5.11. The number of carbonyl (C=O) groups is 1. The average Bonchev–Trinajstić information content (AvgIpc) is 3.47. The molecule has 2 fully saturated rings. The molecule has 0 atom stereocenters. The van der Waals surface area contributed by atoms with Crippen LogP contribution in [0.15, 0.2) is 24.5 Å². The number of fused-ring (bicyclic) bond motifs is 1. The van der Waals surface area contributed by atoms with E-state index in [1.165, 1.54) is 38.0 Å². The van der Waals surface area contributed by atoms with Gasteiger partial charge in [0, 0.05) is 82.4 Å². The molecule has 5 heterocycles. The highest BCUT2D eigenvalue weighted by Gasteiger charge is 2.26. The van der Waals surface area contributed by atoms with E-state index in [-0.39, 0.29) is 5.91 Å². The lowest BCUT2D eigenvalue weighted by Gasteiger charge is -2.36. The number of aryl methyl sites for hydroxylation is 1. The average molecular weight is 438 g/mol. The lowest BCUT2D eigenvalue weighted by Crippen LogP contribution is -2.52. The van der Waals surface area contributed by atoms with Crippen LogP contribution in [0.2, 0.25) is 0 Å². The highest BCUT2D eigenvalue weighted by Crippen LogP contribution is 2.20. The summed E-state index contributed by atoms with van der Waals surface area (Å²) in [7, 11) is 0. The monoisotopic (exact) mass is 437 g/mol.